The zero-order chi connectivity index (χ0) is 18.8. The van der Waals surface area contributed by atoms with Crippen molar-refractivity contribution in [3.8, 4) is 11.5 Å². The van der Waals surface area contributed by atoms with Crippen LogP contribution in [0.2, 0.25) is 0 Å². The number of halogens is 1. The van der Waals surface area contributed by atoms with E-state index < -0.39 is 0 Å². The Bertz CT molecular complexity index is 833. The number of piperazine rings is 1. The second-order valence-electron chi connectivity index (χ2n) is 6.81. The fourth-order valence-corrected chi connectivity index (χ4v) is 3.39. The molecule has 0 unspecified atom stereocenters. The molecule has 6 nitrogen and oxygen atoms in total. The van der Waals surface area contributed by atoms with Crippen molar-refractivity contribution in [2.45, 2.75) is 6.92 Å². The highest BCUT2D eigenvalue weighted by molar-refractivity contribution is 5.93. The third-order valence-electron chi connectivity index (χ3n) is 4.92. The maximum Gasteiger partial charge on any atom is 0.238 e. The Balaban J connectivity index is 1.30. The van der Waals surface area contributed by atoms with Gasteiger partial charge in [-0.25, -0.2) is 4.39 Å². The molecule has 1 saturated heterocycles. The van der Waals surface area contributed by atoms with Gasteiger partial charge in [0.05, 0.1) is 6.54 Å². The van der Waals surface area contributed by atoms with Crippen LogP contribution in [0.5, 0.6) is 11.5 Å². The molecule has 0 bridgehead atoms. The number of hydrogen-bond donors (Lipinski definition) is 1. The zero-order valence-electron chi connectivity index (χ0n) is 15.2. The van der Waals surface area contributed by atoms with Crippen molar-refractivity contribution in [3.63, 3.8) is 0 Å². The van der Waals surface area contributed by atoms with E-state index >= 15 is 0 Å². The molecular weight excluding hydrogens is 349 g/mol. The summed E-state index contributed by atoms with van der Waals surface area (Å²) in [5.74, 6) is 1.09. The molecule has 2 heterocycles. The fourth-order valence-electron chi connectivity index (χ4n) is 3.39. The fraction of sp³-hybridized carbons (Fsp3) is 0.350. The average molecular weight is 371 g/mol. The number of aryl methyl sites for hydroxylation is 1. The highest BCUT2D eigenvalue weighted by atomic mass is 19.1. The standard InChI is InChI=1S/C20H22FN3O3/c1-14-10-18-19(27-13-26-18)11-17(14)22-20(25)12-23-6-8-24(9-7-23)16-4-2-15(21)3-5-16/h2-5,10-11H,6-9,12-13H2,1H3,(H,22,25). The lowest BCUT2D eigenvalue weighted by atomic mass is 10.1. The van der Waals surface area contributed by atoms with Crippen LogP contribution in [0.3, 0.4) is 0 Å². The van der Waals surface area contributed by atoms with E-state index in [1.807, 2.05) is 19.1 Å². The van der Waals surface area contributed by atoms with E-state index in [9.17, 15) is 9.18 Å². The SMILES string of the molecule is Cc1cc2c(cc1NC(=O)CN1CCN(c3ccc(F)cc3)CC1)OCO2. The summed E-state index contributed by atoms with van der Waals surface area (Å²) >= 11 is 0. The first-order valence-corrected chi connectivity index (χ1v) is 9.01. The monoisotopic (exact) mass is 371 g/mol. The molecule has 7 heteroatoms. The molecule has 2 aliphatic rings. The molecule has 2 aromatic carbocycles. The van der Waals surface area contributed by atoms with Crippen LogP contribution in [0.15, 0.2) is 36.4 Å². The smallest absolute Gasteiger partial charge is 0.238 e. The lowest BCUT2D eigenvalue weighted by Crippen LogP contribution is -2.48. The van der Waals surface area contributed by atoms with E-state index in [2.05, 4.69) is 15.1 Å². The van der Waals surface area contributed by atoms with Crippen molar-refractivity contribution in [3.05, 3.63) is 47.8 Å². The van der Waals surface area contributed by atoms with E-state index in [0.29, 0.717) is 18.0 Å². The summed E-state index contributed by atoms with van der Waals surface area (Å²) in [7, 11) is 0. The summed E-state index contributed by atoms with van der Waals surface area (Å²) in [4.78, 5) is 16.8. The maximum absolute atomic E-state index is 13.1. The van der Waals surface area contributed by atoms with Crippen LogP contribution in [0.25, 0.3) is 0 Å². The Morgan fingerprint density at radius 2 is 1.74 bits per heavy atom. The largest absolute Gasteiger partial charge is 0.454 e. The molecule has 0 aliphatic carbocycles. The zero-order valence-corrected chi connectivity index (χ0v) is 15.2. The lowest BCUT2D eigenvalue weighted by Gasteiger charge is -2.35. The quantitative estimate of drug-likeness (QED) is 0.896. The molecule has 0 spiro atoms. The van der Waals surface area contributed by atoms with Gasteiger partial charge in [-0.2, -0.15) is 0 Å². The number of nitrogens with zero attached hydrogens (tertiary/aromatic N) is 2. The highest BCUT2D eigenvalue weighted by Gasteiger charge is 2.21. The molecule has 0 radical (unpaired) electrons. The van der Waals surface area contributed by atoms with Gasteiger partial charge in [0, 0.05) is 43.6 Å². The molecule has 142 valence electrons. The van der Waals surface area contributed by atoms with Crippen molar-refractivity contribution >= 4 is 17.3 Å². The van der Waals surface area contributed by atoms with Crippen molar-refractivity contribution in [2.24, 2.45) is 0 Å². The Labute approximate surface area is 157 Å². The van der Waals surface area contributed by atoms with Gasteiger partial charge in [-0.3, -0.25) is 9.69 Å². The molecule has 1 N–H and O–H groups in total. The van der Waals surface area contributed by atoms with Gasteiger partial charge in [-0.15, -0.1) is 0 Å². The van der Waals surface area contributed by atoms with Gasteiger partial charge >= 0.3 is 0 Å². The van der Waals surface area contributed by atoms with E-state index in [-0.39, 0.29) is 18.5 Å². The van der Waals surface area contributed by atoms with Gasteiger partial charge in [0.25, 0.3) is 0 Å². The number of amides is 1. The van der Waals surface area contributed by atoms with E-state index in [4.69, 9.17) is 9.47 Å². The molecule has 0 aromatic heterocycles. The number of anilines is 2. The van der Waals surface area contributed by atoms with Crippen molar-refractivity contribution in [1.29, 1.82) is 0 Å². The summed E-state index contributed by atoms with van der Waals surface area (Å²) in [5.41, 5.74) is 2.69. The van der Waals surface area contributed by atoms with Crippen LogP contribution in [-0.4, -0.2) is 50.3 Å². The summed E-state index contributed by atoms with van der Waals surface area (Å²) < 4.78 is 23.8. The first kappa shape index (κ1) is 17.6. The van der Waals surface area contributed by atoms with Gasteiger partial charge in [0.15, 0.2) is 11.5 Å². The second kappa shape index (κ2) is 7.44. The van der Waals surface area contributed by atoms with Crippen molar-refractivity contribution < 1.29 is 18.7 Å². The Morgan fingerprint density at radius 3 is 2.44 bits per heavy atom. The van der Waals surface area contributed by atoms with Crippen molar-refractivity contribution in [1.82, 2.24) is 4.90 Å². The first-order chi connectivity index (χ1) is 13.1. The number of carbonyl (C=O) groups excluding carboxylic acids is 1. The van der Waals surface area contributed by atoms with Crippen LogP contribution in [0, 0.1) is 12.7 Å². The number of nitrogens with one attached hydrogen (secondary N) is 1. The van der Waals surface area contributed by atoms with Crippen LogP contribution >= 0.6 is 0 Å². The van der Waals surface area contributed by atoms with E-state index in [0.717, 1.165) is 43.1 Å². The predicted molar refractivity (Wildman–Crippen MR) is 101 cm³/mol. The third-order valence-corrected chi connectivity index (χ3v) is 4.92. The minimum Gasteiger partial charge on any atom is -0.454 e. The molecule has 27 heavy (non-hydrogen) atoms. The van der Waals surface area contributed by atoms with Gasteiger partial charge in [-0.05, 0) is 42.8 Å². The van der Waals surface area contributed by atoms with Crippen LogP contribution in [-0.2, 0) is 4.79 Å². The highest BCUT2D eigenvalue weighted by Crippen LogP contribution is 2.36. The van der Waals surface area contributed by atoms with E-state index in [1.54, 1.807) is 12.1 Å². The van der Waals surface area contributed by atoms with Crippen LogP contribution < -0.4 is 19.7 Å². The number of hydrogen-bond acceptors (Lipinski definition) is 5. The number of carbonyl (C=O) groups is 1. The molecule has 4 rings (SSSR count). The number of benzene rings is 2. The minimum atomic E-state index is -0.229. The Kier molecular flexibility index (Phi) is 4.85. The van der Waals surface area contributed by atoms with Gasteiger partial charge < -0.3 is 19.7 Å². The maximum atomic E-state index is 13.1. The molecule has 1 amide bonds. The third kappa shape index (κ3) is 3.98. The van der Waals surface area contributed by atoms with Crippen molar-refractivity contribution in [2.75, 3.05) is 49.7 Å². The van der Waals surface area contributed by atoms with Crippen LogP contribution in [0.1, 0.15) is 5.56 Å². The molecule has 2 aromatic rings. The number of ether oxygens (including phenoxy) is 2. The normalized spacial score (nSPS) is 16.4. The first-order valence-electron chi connectivity index (χ1n) is 9.01. The Morgan fingerprint density at radius 1 is 1.07 bits per heavy atom. The molecule has 2 aliphatic heterocycles. The topological polar surface area (TPSA) is 54.0 Å². The summed E-state index contributed by atoms with van der Waals surface area (Å²) in [6, 6.07) is 10.2. The number of rotatable bonds is 4. The molecule has 0 atom stereocenters. The average Bonchev–Trinajstić information content (AvgIpc) is 3.10. The second-order valence-corrected chi connectivity index (χ2v) is 6.81. The van der Waals surface area contributed by atoms with Gasteiger partial charge in [0.2, 0.25) is 12.7 Å². The van der Waals surface area contributed by atoms with Gasteiger partial charge in [-0.1, -0.05) is 0 Å². The van der Waals surface area contributed by atoms with E-state index in [1.165, 1.54) is 12.1 Å². The summed E-state index contributed by atoms with van der Waals surface area (Å²) in [5, 5.41) is 2.96. The minimum absolute atomic E-state index is 0.0489. The predicted octanol–water partition coefficient (Wildman–Crippen LogP) is 2.62. The summed E-state index contributed by atoms with van der Waals surface area (Å²) in [6.07, 6.45) is 0. The molecule has 0 saturated carbocycles. The molecule has 1 fully saturated rings. The molecular formula is C20H22FN3O3. The van der Waals surface area contributed by atoms with Gasteiger partial charge in [0.1, 0.15) is 5.82 Å². The van der Waals surface area contributed by atoms with Crippen LogP contribution in [0.4, 0.5) is 15.8 Å². The number of fused-ring (bicyclic) bond motifs is 1. The Hall–Kier alpha value is -2.80. The lowest BCUT2D eigenvalue weighted by molar-refractivity contribution is -0.117. The summed E-state index contributed by atoms with van der Waals surface area (Å²) in [6.45, 7) is 5.66.